The van der Waals surface area contributed by atoms with Gasteiger partial charge in [0, 0.05) is 5.92 Å². The maximum atomic E-state index is 11.8. The molecule has 0 spiro atoms. The number of nitrogens with zero attached hydrogens (tertiary/aromatic N) is 2. The van der Waals surface area contributed by atoms with Crippen molar-refractivity contribution in [1.29, 1.82) is 0 Å². The van der Waals surface area contributed by atoms with Gasteiger partial charge in [0.25, 0.3) is 0 Å². The lowest BCUT2D eigenvalue weighted by atomic mass is 10.1. The number of rotatable bonds is 3. The van der Waals surface area contributed by atoms with Crippen LogP contribution in [-0.2, 0) is 4.79 Å². The first-order valence-electron chi connectivity index (χ1n) is 5.06. The van der Waals surface area contributed by atoms with Gasteiger partial charge in [0.15, 0.2) is 11.0 Å². The lowest BCUT2D eigenvalue weighted by Gasteiger charge is -2.11. The molecule has 1 aromatic heterocycles. The number of halogens is 2. The fourth-order valence-corrected chi connectivity index (χ4v) is 1.75. The Hall–Kier alpha value is -0.870. The first-order valence-corrected chi connectivity index (χ1v) is 5.82. The van der Waals surface area contributed by atoms with E-state index in [0.29, 0.717) is 5.92 Å². The first-order chi connectivity index (χ1) is 7.59. The van der Waals surface area contributed by atoms with Crippen LogP contribution in [0.5, 0.6) is 0 Å². The Morgan fingerprint density at radius 1 is 1.50 bits per heavy atom. The summed E-state index contributed by atoms with van der Waals surface area (Å²) in [6.45, 7) is 1.91. The summed E-state index contributed by atoms with van der Waals surface area (Å²) < 4.78 is 0. The predicted molar refractivity (Wildman–Crippen MR) is 62.6 cm³/mol. The van der Waals surface area contributed by atoms with Crippen LogP contribution in [0.2, 0.25) is 10.2 Å². The van der Waals surface area contributed by atoms with Crippen LogP contribution in [0.4, 0.5) is 5.82 Å². The zero-order valence-corrected chi connectivity index (χ0v) is 10.2. The van der Waals surface area contributed by atoms with Crippen molar-refractivity contribution in [3.63, 3.8) is 0 Å². The SMILES string of the molecule is CC(C(=O)Nc1ncnc(Cl)c1Cl)C1CC1. The summed E-state index contributed by atoms with van der Waals surface area (Å²) in [5.41, 5.74) is 0. The lowest BCUT2D eigenvalue weighted by molar-refractivity contribution is -0.119. The smallest absolute Gasteiger partial charge is 0.228 e. The third-order valence-corrected chi connectivity index (χ3v) is 3.47. The summed E-state index contributed by atoms with van der Waals surface area (Å²) >= 11 is 11.6. The van der Waals surface area contributed by atoms with Crippen molar-refractivity contribution in [2.75, 3.05) is 5.32 Å². The van der Waals surface area contributed by atoms with Crippen LogP contribution >= 0.6 is 23.2 Å². The van der Waals surface area contributed by atoms with Crippen LogP contribution in [0, 0.1) is 11.8 Å². The van der Waals surface area contributed by atoms with E-state index in [1.165, 1.54) is 6.33 Å². The molecule has 0 aromatic carbocycles. The minimum absolute atomic E-state index is 0.00944. The molecule has 6 heteroatoms. The molecule has 1 heterocycles. The predicted octanol–water partition coefficient (Wildman–Crippen LogP) is 2.77. The summed E-state index contributed by atoms with van der Waals surface area (Å²) in [4.78, 5) is 19.4. The average molecular weight is 260 g/mol. The minimum Gasteiger partial charge on any atom is -0.309 e. The molecule has 1 fully saturated rings. The molecule has 1 saturated carbocycles. The van der Waals surface area contributed by atoms with E-state index >= 15 is 0 Å². The highest BCUT2D eigenvalue weighted by molar-refractivity contribution is 6.42. The minimum atomic E-state index is -0.0702. The molecule has 1 aliphatic carbocycles. The molecule has 16 heavy (non-hydrogen) atoms. The Balaban J connectivity index is 2.08. The molecule has 1 N–H and O–H groups in total. The van der Waals surface area contributed by atoms with Crippen molar-refractivity contribution in [2.45, 2.75) is 19.8 Å². The molecule has 1 aliphatic rings. The zero-order chi connectivity index (χ0) is 11.7. The maximum absolute atomic E-state index is 11.8. The highest BCUT2D eigenvalue weighted by Gasteiger charge is 2.32. The van der Waals surface area contributed by atoms with E-state index in [4.69, 9.17) is 23.2 Å². The van der Waals surface area contributed by atoms with Gasteiger partial charge in [0.05, 0.1) is 0 Å². The van der Waals surface area contributed by atoms with Gasteiger partial charge < -0.3 is 5.32 Å². The second-order valence-electron chi connectivity index (χ2n) is 3.94. The van der Waals surface area contributed by atoms with Gasteiger partial charge in [0.1, 0.15) is 11.3 Å². The highest BCUT2D eigenvalue weighted by atomic mass is 35.5. The lowest BCUT2D eigenvalue weighted by Crippen LogP contribution is -2.22. The Bertz CT molecular complexity index is 421. The van der Waals surface area contributed by atoms with Crippen molar-refractivity contribution in [3.05, 3.63) is 16.5 Å². The molecular formula is C10H11Cl2N3O. The summed E-state index contributed by atoms with van der Waals surface area (Å²) in [5, 5.41) is 2.99. The summed E-state index contributed by atoms with van der Waals surface area (Å²) in [5.74, 6) is 0.694. The summed E-state index contributed by atoms with van der Waals surface area (Å²) in [6.07, 6.45) is 3.51. The van der Waals surface area contributed by atoms with E-state index in [1.54, 1.807) is 0 Å². The van der Waals surface area contributed by atoms with Crippen molar-refractivity contribution in [3.8, 4) is 0 Å². The summed E-state index contributed by atoms with van der Waals surface area (Å²) in [7, 11) is 0. The van der Waals surface area contributed by atoms with Gasteiger partial charge in [-0.15, -0.1) is 0 Å². The Morgan fingerprint density at radius 2 is 2.19 bits per heavy atom. The van der Waals surface area contributed by atoms with E-state index in [1.807, 2.05) is 6.92 Å². The van der Waals surface area contributed by atoms with Gasteiger partial charge in [-0.2, -0.15) is 0 Å². The topological polar surface area (TPSA) is 54.9 Å². The summed E-state index contributed by atoms with van der Waals surface area (Å²) in [6, 6.07) is 0. The van der Waals surface area contributed by atoms with Gasteiger partial charge in [0.2, 0.25) is 5.91 Å². The molecule has 1 aromatic rings. The second kappa shape index (κ2) is 4.55. The maximum Gasteiger partial charge on any atom is 0.228 e. The van der Waals surface area contributed by atoms with Crippen molar-refractivity contribution >= 4 is 34.9 Å². The van der Waals surface area contributed by atoms with Gasteiger partial charge in [-0.3, -0.25) is 4.79 Å². The second-order valence-corrected chi connectivity index (χ2v) is 4.68. The van der Waals surface area contributed by atoms with E-state index in [0.717, 1.165) is 12.8 Å². The highest BCUT2D eigenvalue weighted by Crippen LogP contribution is 2.37. The number of carbonyl (C=O) groups is 1. The fraction of sp³-hybridized carbons (Fsp3) is 0.500. The molecule has 0 aliphatic heterocycles. The third-order valence-electron chi connectivity index (χ3n) is 2.73. The third kappa shape index (κ3) is 2.44. The van der Waals surface area contributed by atoms with Crippen molar-refractivity contribution in [2.24, 2.45) is 11.8 Å². The standard InChI is InChI=1S/C10H11Cl2N3O/c1-5(6-2-3-6)10(16)15-9-7(11)8(12)13-4-14-9/h4-6H,2-3H2,1H3,(H,13,14,15,16). The van der Waals surface area contributed by atoms with Crippen LogP contribution in [0.15, 0.2) is 6.33 Å². The quantitative estimate of drug-likeness (QED) is 0.850. The molecule has 4 nitrogen and oxygen atoms in total. The van der Waals surface area contributed by atoms with Gasteiger partial charge in [-0.05, 0) is 18.8 Å². The fourth-order valence-electron chi connectivity index (χ4n) is 1.48. The van der Waals surface area contributed by atoms with Crippen LogP contribution in [0.1, 0.15) is 19.8 Å². The number of hydrogen-bond acceptors (Lipinski definition) is 3. The van der Waals surface area contributed by atoms with E-state index in [9.17, 15) is 4.79 Å². The number of amides is 1. The van der Waals surface area contributed by atoms with Crippen LogP contribution < -0.4 is 5.32 Å². The molecule has 0 saturated heterocycles. The van der Waals surface area contributed by atoms with E-state index in [-0.39, 0.29) is 27.8 Å². The zero-order valence-electron chi connectivity index (χ0n) is 8.70. The Morgan fingerprint density at radius 3 is 2.81 bits per heavy atom. The molecule has 2 rings (SSSR count). The molecule has 86 valence electrons. The van der Waals surface area contributed by atoms with Gasteiger partial charge in [-0.25, -0.2) is 9.97 Å². The molecule has 0 bridgehead atoms. The number of carbonyl (C=O) groups excluding carboxylic acids is 1. The molecule has 0 radical (unpaired) electrons. The number of aromatic nitrogens is 2. The number of nitrogens with one attached hydrogen (secondary N) is 1. The molecule has 1 unspecified atom stereocenters. The van der Waals surface area contributed by atoms with Crippen LogP contribution in [0.3, 0.4) is 0 Å². The monoisotopic (exact) mass is 259 g/mol. The number of anilines is 1. The van der Waals surface area contributed by atoms with Crippen LogP contribution in [-0.4, -0.2) is 15.9 Å². The first kappa shape index (κ1) is 11.6. The van der Waals surface area contributed by atoms with E-state index < -0.39 is 0 Å². The molecule has 1 amide bonds. The van der Waals surface area contributed by atoms with Crippen LogP contribution in [0.25, 0.3) is 0 Å². The normalized spacial score (nSPS) is 16.9. The largest absolute Gasteiger partial charge is 0.309 e. The molecule has 1 atom stereocenters. The molecular weight excluding hydrogens is 249 g/mol. The van der Waals surface area contributed by atoms with Gasteiger partial charge in [-0.1, -0.05) is 30.1 Å². The van der Waals surface area contributed by atoms with E-state index in [2.05, 4.69) is 15.3 Å². The number of hydrogen-bond donors (Lipinski definition) is 1. The van der Waals surface area contributed by atoms with Gasteiger partial charge >= 0.3 is 0 Å². The average Bonchev–Trinajstić information content (AvgIpc) is 3.07. The Labute approximate surface area is 103 Å². The Kier molecular flexibility index (Phi) is 3.30. The van der Waals surface area contributed by atoms with Crippen molar-refractivity contribution < 1.29 is 4.79 Å². The van der Waals surface area contributed by atoms with Crippen molar-refractivity contribution in [1.82, 2.24) is 9.97 Å².